The van der Waals surface area contributed by atoms with Crippen LogP contribution in [0.25, 0.3) is 5.53 Å². The van der Waals surface area contributed by atoms with Crippen molar-refractivity contribution in [2.24, 2.45) is 0 Å². The van der Waals surface area contributed by atoms with E-state index in [-0.39, 0.29) is 0 Å². The van der Waals surface area contributed by atoms with Crippen LogP contribution in [0.2, 0.25) is 0 Å². The van der Waals surface area contributed by atoms with Gasteiger partial charge in [-0.3, -0.25) is 0 Å². The Hall–Kier alpha value is -0.930. The van der Waals surface area contributed by atoms with Crippen molar-refractivity contribution >= 4 is 6.09 Å². The summed E-state index contributed by atoms with van der Waals surface area (Å²) in [6.45, 7) is 2.31. The zero-order valence-electron chi connectivity index (χ0n) is 5.33. The second-order valence-electron chi connectivity index (χ2n) is 1.57. The van der Waals surface area contributed by atoms with Gasteiger partial charge in [-0.05, 0) is 6.42 Å². The monoisotopic (exact) mass is 129 g/mol. The summed E-state index contributed by atoms with van der Waals surface area (Å²) < 4.78 is 4.38. The van der Waals surface area contributed by atoms with E-state index < -0.39 is 6.09 Å². The van der Waals surface area contributed by atoms with E-state index in [1.165, 1.54) is 0 Å². The Morgan fingerprint density at radius 3 is 2.89 bits per heavy atom. The Kier molecular flexibility index (Phi) is 4.67. The molecule has 0 aliphatic rings. The highest BCUT2D eigenvalue weighted by molar-refractivity contribution is 5.65. The van der Waals surface area contributed by atoms with Gasteiger partial charge >= 0.3 is 6.09 Å². The van der Waals surface area contributed by atoms with E-state index in [1.54, 1.807) is 0 Å². The first-order valence-corrected chi connectivity index (χ1v) is 2.83. The van der Waals surface area contributed by atoms with Gasteiger partial charge in [-0.15, -0.1) is 0 Å². The molecule has 9 heavy (non-hydrogen) atoms. The molecule has 0 saturated heterocycles. The average molecular weight is 129 g/mol. The van der Waals surface area contributed by atoms with Crippen molar-refractivity contribution in [2.75, 3.05) is 6.61 Å². The van der Waals surface area contributed by atoms with E-state index in [1.807, 2.05) is 6.92 Å². The van der Waals surface area contributed by atoms with Crippen molar-refractivity contribution in [1.82, 2.24) is 5.11 Å². The van der Waals surface area contributed by atoms with Crippen molar-refractivity contribution in [2.45, 2.75) is 19.8 Å². The first kappa shape index (κ1) is 8.07. The van der Waals surface area contributed by atoms with Gasteiger partial charge in [0.25, 0.3) is 0 Å². The Bertz CT molecular complexity index is 103. The van der Waals surface area contributed by atoms with Crippen LogP contribution in [0, 0.1) is 0 Å². The fourth-order valence-electron chi connectivity index (χ4n) is 0.333. The van der Waals surface area contributed by atoms with Gasteiger partial charge in [-0.2, -0.15) is 4.79 Å². The van der Waals surface area contributed by atoms with Gasteiger partial charge in [-0.25, -0.2) is 0 Å². The quantitative estimate of drug-likeness (QED) is 0.425. The molecule has 51 valence electrons. The van der Waals surface area contributed by atoms with E-state index in [4.69, 9.17) is 5.53 Å². The van der Waals surface area contributed by atoms with Gasteiger partial charge in [0.1, 0.15) is 0 Å². The molecule has 0 saturated carbocycles. The molecular weight excluding hydrogens is 120 g/mol. The summed E-state index contributed by atoms with van der Waals surface area (Å²) >= 11 is 0. The molecule has 0 rings (SSSR count). The molecule has 0 unspecified atom stereocenters. The number of hydrogen-bond donors (Lipinski definition) is 0. The Morgan fingerprint density at radius 1 is 1.78 bits per heavy atom. The molecule has 0 spiro atoms. The topological polar surface area (TPSA) is 62.7 Å². The van der Waals surface area contributed by atoms with Crippen LogP contribution in [-0.2, 0) is 4.74 Å². The molecule has 0 heterocycles. The zero-order chi connectivity index (χ0) is 7.11. The van der Waals surface area contributed by atoms with Gasteiger partial charge in [0, 0.05) is 0 Å². The number of ether oxygens (including phenoxy) is 1. The molecule has 1 amide bonds. The smallest absolute Gasteiger partial charge is 0.417 e. The van der Waals surface area contributed by atoms with E-state index in [9.17, 15) is 4.79 Å². The van der Waals surface area contributed by atoms with Crippen LogP contribution in [-0.4, -0.2) is 12.7 Å². The lowest BCUT2D eigenvalue weighted by Crippen LogP contribution is -2.06. The first-order chi connectivity index (χ1) is 4.31. The van der Waals surface area contributed by atoms with E-state index in [0.717, 1.165) is 12.8 Å². The third-order valence-corrected chi connectivity index (χ3v) is 0.805. The van der Waals surface area contributed by atoms with Crippen LogP contribution in [0.1, 0.15) is 19.8 Å². The van der Waals surface area contributed by atoms with Crippen molar-refractivity contribution < 1.29 is 9.53 Å². The predicted octanol–water partition coefficient (Wildman–Crippen LogP) is 1.28. The lowest BCUT2D eigenvalue weighted by Gasteiger charge is -1.91. The Balaban J connectivity index is 3.07. The number of hydrogen-bond acceptors (Lipinski definition) is 2. The van der Waals surface area contributed by atoms with Crippen LogP contribution in [0.3, 0.4) is 0 Å². The zero-order valence-corrected chi connectivity index (χ0v) is 5.33. The lowest BCUT2D eigenvalue weighted by atomic mass is 10.4. The van der Waals surface area contributed by atoms with Crippen LogP contribution in [0.4, 0.5) is 4.79 Å². The molecule has 0 aromatic heterocycles. The minimum Gasteiger partial charge on any atom is -0.417 e. The average Bonchev–Trinajstić information content (AvgIpc) is 1.89. The minimum absolute atomic E-state index is 0.333. The van der Waals surface area contributed by atoms with Crippen molar-refractivity contribution in [3.8, 4) is 0 Å². The van der Waals surface area contributed by atoms with Gasteiger partial charge in [0.15, 0.2) is 0 Å². The summed E-state index contributed by atoms with van der Waals surface area (Å²) in [5.74, 6) is 0. The van der Waals surface area contributed by atoms with Crippen molar-refractivity contribution in [1.29, 1.82) is 0 Å². The summed E-state index contributed by atoms with van der Waals surface area (Å²) in [5, 5.41) is 2.30. The molecule has 0 aromatic carbocycles. The molecule has 1 radical (unpaired) electrons. The number of carbonyl (C=O) groups excluding carboxylic acids is 1. The summed E-state index contributed by atoms with van der Waals surface area (Å²) in [4.78, 5) is 10.0. The minimum atomic E-state index is -0.913. The first-order valence-electron chi connectivity index (χ1n) is 2.83. The van der Waals surface area contributed by atoms with E-state index in [0.29, 0.717) is 6.61 Å². The number of carbonyl (C=O) groups is 1. The van der Waals surface area contributed by atoms with Crippen LogP contribution < -0.4 is 5.11 Å². The van der Waals surface area contributed by atoms with Gasteiger partial charge in [-0.1, -0.05) is 13.3 Å². The summed E-state index contributed by atoms with van der Waals surface area (Å²) in [6, 6.07) is 0. The summed E-state index contributed by atoms with van der Waals surface area (Å²) in [7, 11) is 0. The molecular formula is C5H9N2O2. The molecule has 0 fully saturated rings. The van der Waals surface area contributed by atoms with Gasteiger partial charge < -0.3 is 10.3 Å². The van der Waals surface area contributed by atoms with E-state index >= 15 is 0 Å². The molecule has 0 aliphatic heterocycles. The predicted molar refractivity (Wildman–Crippen MR) is 31.7 cm³/mol. The maximum Gasteiger partial charge on any atom is 0.651 e. The number of rotatable bonds is 3. The number of nitrogens with zero attached hydrogens (tertiary/aromatic N) is 2. The fraction of sp³-hybridized carbons (Fsp3) is 0.800. The number of unbranched alkanes of at least 4 members (excludes halogenated alkanes) is 1. The highest BCUT2D eigenvalue weighted by Gasteiger charge is 2.05. The van der Waals surface area contributed by atoms with Crippen LogP contribution >= 0.6 is 0 Å². The highest BCUT2D eigenvalue weighted by atomic mass is 16.5. The molecule has 0 aliphatic carbocycles. The van der Waals surface area contributed by atoms with Gasteiger partial charge in [0.05, 0.1) is 11.7 Å². The Labute approximate surface area is 53.7 Å². The third-order valence-electron chi connectivity index (χ3n) is 0.805. The molecule has 0 aromatic rings. The molecule has 0 N–H and O–H groups in total. The molecule has 0 bridgehead atoms. The number of amides is 1. The third kappa shape index (κ3) is 4.93. The fourth-order valence-corrected chi connectivity index (χ4v) is 0.333. The maximum atomic E-state index is 10.0. The van der Waals surface area contributed by atoms with Crippen molar-refractivity contribution in [3.05, 3.63) is 5.53 Å². The highest BCUT2D eigenvalue weighted by Crippen LogP contribution is 1.87. The maximum absolute atomic E-state index is 10.0. The standard InChI is InChI=1S/C5H9N2O2/c1-2-3-4-9-5(8)7-6/h2-4H2,1H3. The second-order valence-corrected chi connectivity index (χ2v) is 1.57. The second kappa shape index (κ2) is 5.21. The molecule has 4 heteroatoms. The largest absolute Gasteiger partial charge is 0.651 e. The van der Waals surface area contributed by atoms with Gasteiger partial charge in [0.2, 0.25) is 0 Å². The lowest BCUT2D eigenvalue weighted by molar-refractivity contribution is 0.150. The summed E-state index contributed by atoms with van der Waals surface area (Å²) in [5.41, 5.74) is 7.78. The molecule has 0 atom stereocenters. The summed E-state index contributed by atoms with van der Waals surface area (Å²) in [6.07, 6.45) is 0.850. The SMILES string of the molecule is CCCCOC(=O)[N+]=[N-]. The van der Waals surface area contributed by atoms with Crippen LogP contribution in [0.5, 0.6) is 0 Å². The normalized spacial score (nSPS) is 8.56. The van der Waals surface area contributed by atoms with E-state index in [2.05, 4.69) is 9.85 Å². The van der Waals surface area contributed by atoms with Crippen LogP contribution in [0.15, 0.2) is 0 Å². The van der Waals surface area contributed by atoms with Crippen molar-refractivity contribution in [3.63, 3.8) is 0 Å². The molecule has 4 nitrogen and oxygen atoms in total. The Morgan fingerprint density at radius 2 is 2.44 bits per heavy atom.